The van der Waals surface area contributed by atoms with Crippen LogP contribution in [0, 0.1) is 0 Å². The minimum Gasteiger partial charge on any atom is -0.457 e. The molecule has 0 atom stereocenters. The average molecular weight is 624 g/mol. The third-order valence-corrected chi connectivity index (χ3v) is 7.31. The van der Waals surface area contributed by atoms with E-state index in [9.17, 15) is 22.8 Å². The lowest BCUT2D eigenvalue weighted by Crippen LogP contribution is -2.39. The van der Waals surface area contributed by atoms with Gasteiger partial charge in [0.25, 0.3) is 5.91 Å². The Labute approximate surface area is 255 Å². The number of nitrogens with zero attached hydrogens (tertiary/aromatic N) is 4. The Morgan fingerprint density at radius 2 is 1.80 bits per heavy atom. The number of amides is 2. The molecule has 0 saturated carbocycles. The predicted molar refractivity (Wildman–Crippen MR) is 159 cm³/mol. The van der Waals surface area contributed by atoms with Gasteiger partial charge in [-0.3, -0.25) is 4.79 Å². The monoisotopic (exact) mass is 623 g/mol. The van der Waals surface area contributed by atoms with Crippen molar-refractivity contribution in [3.8, 4) is 22.1 Å². The summed E-state index contributed by atoms with van der Waals surface area (Å²) in [7, 11) is 0. The summed E-state index contributed by atoms with van der Waals surface area (Å²) in [6.45, 7) is 5.34. The maximum Gasteiger partial charge on any atom is 0.420 e. The molecule has 0 saturated heterocycles. The molecule has 1 aliphatic rings. The fourth-order valence-corrected chi connectivity index (χ4v) is 5.30. The van der Waals surface area contributed by atoms with Crippen molar-refractivity contribution < 1.29 is 32.2 Å². The van der Waals surface area contributed by atoms with E-state index in [-0.39, 0.29) is 42.2 Å². The molecule has 0 spiro atoms. The number of ether oxygens (including phenoxy) is 2. The van der Waals surface area contributed by atoms with Crippen molar-refractivity contribution >= 4 is 34.6 Å². The second-order valence-corrected chi connectivity index (χ2v) is 11.7. The second-order valence-electron chi connectivity index (χ2n) is 10.8. The number of aromatic nitrogens is 3. The van der Waals surface area contributed by atoms with Gasteiger partial charge in [-0.15, -0.1) is 11.3 Å². The first-order valence-corrected chi connectivity index (χ1v) is 14.5. The van der Waals surface area contributed by atoms with Crippen molar-refractivity contribution in [1.29, 1.82) is 0 Å². The van der Waals surface area contributed by atoms with Gasteiger partial charge in [0.1, 0.15) is 33.4 Å². The molecule has 0 unspecified atom stereocenters. The molecular weight excluding hydrogens is 595 g/mol. The number of hydrogen-bond donors (Lipinski definition) is 1. The summed E-state index contributed by atoms with van der Waals surface area (Å²) >= 11 is 1.19. The maximum atomic E-state index is 14.9. The van der Waals surface area contributed by atoms with E-state index in [1.165, 1.54) is 52.2 Å². The molecule has 0 radical (unpaired) electrons. The zero-order chi connectivity index (χ0) is 31.5. The van der Waals surface area contributed by atoms with Crippen LogP contribution in [0.5, 0.6) is 11.5 Å². The van der Waals surface area contributed by atoms with Gasteiger partial charge in [0.15, 0.2) is 0 Å². The number of hydrogen-bond acceptors (Lipinski definition) is 8. The largest absolute Gasteiger partial charge is 0.457 e. The molecule has 2 amide bonds. The smallest absolute Gasteiger partial charge is 0.420 e. The van der Waals surface area contributed by atoms with Crippen molar-refractivity contribution in [2.45, 2.75) is 39.0 Å². The molecule has 228 valence electrons. The Kier molecular flexibility index (Phi) is 8.68. The quantitative estimate of drug-likeness (QED) is 0.235. The van der Waals surface area contributed by atoms with Crippen LogP contribution in [0.1, 0.15) is 48.8 Å². The molecule has 4 aromatic rings. The fourth-order valence-electron chi connectivity index (χ4n) is 4.51. The van der Waals surface area contributed by atoms with Crippen LogP contribution in [-0.2, 0) is 10.9 Å². The Hall–Kier alpha value is -4.78. The van der Waals surface area contributed by atoms with Crippen LogP contribution in [0.2, 0.25) is 0 Å². The van der Waals surface area contributed by atoms with E-state index in [2.05, 4.69) is 20.5 Å². The van der Waals surface area contributed by atoms with Crippen LogP contribution in [0.4, 0.5) is 23.7 Å². The van der Waals surface area contributed by atoms with Crippen molar-refractivity contribution in [2.24, 2.45) is 0 Å². The van der Waals surface area contributed by atoms with Crippen molar-refractivity contribution in [3.63, 3.8) is 0 Å². The average Bonchev–Trinajstić information content (AvgIpc) is 3.48. The summed E-state index contributed by atoms with van der Waals surface area (Å²) < 4.78 is 55.7. The minimum absolute atomic E-state index is 0.0219. The van der Waals surface area contributed by atoms with Gasteiger partial charge in [0, 0.05) is 35.3 Å². The molecule has 1 N–H and O–H groups in total. The normalized spacial score (nSPS) is 13.7. The topological polar surface area (TPSA) is 107 Å². The highest BCUT2D eigenvalue weighted by atomic mass is 32.1. The Morgan fingerprint density at radius 3 is 2.43 bits per heavy atom. The predicted octanol–water partition coefficient (Wildman–Crippen LogP) is 7.69. The van der Waals surface area contributed by atoms with E-state index >= 15 is 0 Å². The summed E-state index contributed by atoms with van der Waals surface area (Å²) in [5.41, 5.74) is -1.11. The fraction of sp³-hybridized carbons (Fsp3) is 0.258. The molecule has 0 bridgehead atoms. The summed E-state index contributed by atoms with van der Waals surface area (Å²) in [5.74, 6) is -0.893. The highest BCUT2D eigenvalue weighted by molar-refractivity contribution is 7.13. The van der Waals surface area contributed by atoms with Crippen LogP contribution in [0.25, 0.3) is 16.1 Å². The number of carbonyl (C=O) groups excluding carboxylic acids is 2. The van der Waals surface area contributed by atoms with Crippen LogP contribution in [-0.4, -0.2) is 50.8 Å². The first-order valence-electron chi connectivity index (χ1n) is 13.6. The lowest BCUT2D eigenvalue weighted by Gasteiger charge is -2.31. The van der Waals surface area contributed by atoms with Crippen molar-refractivity contribution in [2.75, 3.05) is 18.4 Å². The van der Waals surface area contributed by atoms with Crippen LogP contribution in [0.3, 0.4) is 0 Å². The number of para-hydroxylation sites is 1. The molecule has 5 rings (SSSR count). The number of anilines is 1. The highest BCUT2D eigenvalue weighted by Crippen LogP contribution is 2.47. The van der Waals surface area contributed by atoms with Crippen LogP contribution < -0.4 is 10.1 Å². The van der Waals surface area contributed by atoms with Gasteiger partial charge >= 0.3 is 12.3 Å². The third kappa shape index (κ3) is 7.22. The molecule has 2 aromatic heterocycles. The molecular formula is C31H28F3N5O4S. The molecule has 44 heavy (non-hydrogen) atoms. The first-order chi connectivity index (χ1) is 20.9. The SMILES string of the molecule is CC(C)(C)OC(=O)N1CC=C(c2c(NC(=O)c3csc(-c4ccnnc4)n3)ccc(Oc3ccccc3)c2C(F)(F)F)CC1. The summed E-state index contributed by atoms with van der Waals surface area (Å²) in [6.07, 6.45) is -0.821. The van der Waals surface area contributed by atoms with Gasteiger partial charge in [0.05, 0.1) is 12.4 Å². The van der Waals surface area contributed by atoms with Gasteiger partial charge in [-0.25, -0.2) is 9.78 Å². The molecule has 3 heterocycles. The van der Waals surface area contributed by atoms with Gasteiger partial charge < -0.3 is 19.7 Å². The van der Waals surface area contributed by atoms with Crippen LogP contribution >= 0.6 is 11.3 Å². The summed E-state index contributed by atoms with van der Waals surface area (Å²) in [4.78, 5) is 31.7. The summed E-state index contributed by atoms with van der Waals surface area (Å²) in [5, 5.41) is 12.2. The maximum absolute atomic E-state index is 14.9. The van der Waals surface area contributed by atoms with E-state index in [1.54, 1.807) is 57.2 Å². The molecule has 1 aliphatic heterocycles. The van der Waals surface area contributed by atoms with E-state index < -0.39 is 35.1 Å². The van der Waals surface area contributed by atoms with Crippen molar-refractivity contribution in [1.82, 2.24) is 20.1 Å². The number of nitrogens with one attached hydrogen (secondary N) is 1. The van der Waals surface area contributed by atoms with Gasteiger partial charge in [-0.2, -0.15) is 23.4 Å². The van der Waals surface area contributed by atoms with Crippen molar-refractivity contribution in [3.05, 3.63) is 89.2 Å². The number of alkyl halides is 3. The van der Waals surface area contributed by atoms with E-state index in [0.717, 1.165) is 0 Å². The standard InChI is InChI=1S/C31H28F3N5O4S/c1-30(2,3)43-29(41)39-15-12-19(13-16-39)25-22(37-27(40)23-18-44-28(38-23)20-11-14-35-36-17-20)9-10-24(26(25)31(32,33)34)42-21-7-5-4-6-8-21/h4-12,14,17-18H,13,15-16H2,1-3H3,(H,37,40). The van der Waals surface area contributed by atoms with Crippen LogP contribution in [0.15, 0.2) is 72.4 Å². The zero-order valence-corrected chi connectivity index (χ0v) is 24.8. The lowest BCUT2D eigenvalue weighted by molar-refractivity contribution is -0.138. The van der Waals surface area contributed by atoms with E-state index in [1.807, 2.05) is 0 Å². The van der Waals surface area contributed by atoms with Gasteiger partial charge in [-0.1, -0.05) is 24.3 Å². The molecule has 13 heteroatoms. The zero-order valence-electron chi connectivity index (χ0n) is 24.0. The second kappa shape index (κ2) is 12.4. The number of rotatable bonds is 6. The number of halogens is 3. The van der Waals surface area contributed by atoms with Gasteiger partial charge in [0.2, 0.25) is 0 Å². The number of benzene rings is 2. The Bertz CT molecular complexity index is 1690. The number of thiazole rings is 1. The first kappa shape index (κ1) is 30.7. The third-order valence-electron chi connectivity index (χ3n) is 6.42. The van der Waals surface area contributed by atoms with Gasteiger partial charge in [-0.05, 0) is 63.1 Å². The lowest BCUT2D eigenvalue weighted by atomic mass is 9.92. The molecule has 0 aliphatic carbocycles. The number of carbonyl (C=O) groups is 2. The highest BCUT2D eigenvalue weighted by Gasteiger charge is 2.40. The molecule has 0 fully saturated rings. The molecule has 2 aromatic carbocycles. The van der Waals surface area contributed by atoms with E-state index in [4.69, 9.17) is 9.47 Å². The Morgan fingerprint density at radius 1 is 1.02 bits per heavy atom. The van der Waals surface area contributed by atoms with E-state index in [0.29, 0.717) is 16.1 Å². The molecule has 9 nitrogen and oxygen atoms in total. The summed E-state index contributed by atoms with van der Waals surface area (Å²) in [6, 6.07) is 12.4. The Balaban J connectivity index is 1.53. The minimum atomic E-state index is -4.86.